The van der Waals surface area contributed by atoms with Crippen LogP contribution in [0.2, 0.25) is 0 Å². The fourth-order valence-electron chi connectivity index (χ4n) is 2.66. The van der Waals surface area contributed by atoms with Gasteiger partial charge >= 0.3 is 5.97 Å². The molecule has 162 valence electrons. The molecule has 0 aromatic heterocycles. The summed E-state index contributed by atoms with van der Waals surface area (Å²) in [7, 11) is -2.10. The van der Waals surface area contributed by atoms with Crippen molar-refractivity contribution in [2.45, 2.75) is 18.1 Å². The van der Waals surface area contributed by atoms with Crippen LogP contribution in [0.25, 0.3) is 0 Å². The minimum Gasteiger partial charge on any atom is -0.478 e. The molecule has 0 bridgehead atoms. The van der Waals surface area contributed by atoms with Gasteiger partial charge in [0.2, 0.25) is 0 Å². The molecule has 12 heteroatoms. The number of carboxylic acids is 1. The summed E-state index contributed by atoms with van der Waals surface area (Å²) < 4.78 is 56.6. The van der Waals surface area contributed by atoms with Crippen LogP contribution in [0.1, 0.15) is 31.8 Å². The summed E-state index contributed by atoms with van der Waals surface area (Å²) in [5.41, 5.74) is -3.65. The van der Waals surface area contributed by atoms with Gasteiger partial charge in [0, 0.05) is 25.2 Å². The number of aliphatic hydroxyl groups is 2. The minimum absolute atomic E-state index is 0.377. The minimum atomic E-state index is -4.67. The van der Waals surface area contributed by atoms with Gasteiger partial charge in [-0.3, -0.25) is 9.52 Å². The molecule has 2 aromatic carbocycles. The number of carboxylic acid groups (broad SMARTS) is 1. The van der Waals surface area contributed by atoms with Crippen molar-refractivity contribution < 1.29 is 42.1 Å². The number of sulfonamides is 1. The summed E-state index contributed by atoms with van der Waals surface area (Å²) in [4.78, 5) is 23.7. The first-order valence-corrected chi connectivity index (χ1v) is 9.76. The standard InChI is InChI=1S/C18H18F2N2O7S/c1-22(2)17(25)13-11(7-23)14(19)16(15(20)12(13)8-24)21-30(28,29)10-5-3-4-9(6-10)18(26)27/h3-6,21,23-24H,7-8H2,1-2H3,(H,26,27). The van der Waals surface area contributed by atoms with Crippen molar-refractivity contribution in [2.24, 2.45) is 0 Å². The van der Waals surface area contributed by atoms with E-state index in [1.54, 1.807) is 4.72 Å². The van der Waals surface area contributed by atoms with Gasteiger partial charge in [-0.05, 0) is 18.2 Å². The number of carbonyl (C=O) groups is 2. The number of hydrogen-bond acceptors (Lipinski definition) is 6. The van der Waals surface area contributed by atoms with Crippen LogP contribution in [0, 0.1) is 11.6 Å². The van der Waals surface area contributed by atoms with E-state index in [-0.39, 0.29) is 5.56 Å². The number of nitrogens with one attached hydrogen (secondary N) is 1. The third-order valence-electron chi connectivity index (χ3n) is 4.14. The molecule has 0 atom stereocenters. The number of halogens is 2. The molecule has 0 aliphatic heterocycles. The molecule has 0 saturated heterocycles. The predicted molar refractivity (Wildman–Crippen MR) is 100 cm³/mol. The Balaban J connectivity index is 2.69. The van der Waals surface area contributed by atoms with Gasteiger partial charge in [0.15, 0.2) is 11.6 Å². The third-order valence-corrected chi connectivity index (χ3v) is 5.48. The van der Waals surface area contributed by atoms with E-state index >= 15 is 0 Å². The fourth-order valence-corrected chi connectivity index (χ4v) is 3.76. The van der Waals surface area contributed by atoms with E-state index < -0.39 is 74.0 Å². The van der Waals surface area contributed by atoms with Crippen LogP contribution >= 0.6 is 0 Å². The van der Waals surface area contributed by atoms with E-state index in [0.717, 1.165) is 29.2 Å². The molecule has 0 aliphatic carbocycles. The number of nitrogens with zero attached hydrogens (tertiary/aromatic N) is 1. The summed E-state index contributed by atoms with van der Waals surface area (Å²) in [5.74, 6) is -5.42. The van der Waals surface area contributed by atoms with Gasteiger partial charge in [-0.2, -0.15) is 0 Å². The van der Waals surface area contributed by atoms with Crippen molar-refractivity contribution >= 4 is 27.6 Å². The summed E-state index contributed by atoms with van der Waals surface area (Å²) in [6.45, 7) is -2.17. The number of benzene rings is 2. The Hall–Kier alpha value is -3.09. The van der Waals surface area contributed by atoms with E-state index in [4.69, 9.17) is 5.11 Å². The lowest BCUT2D eigenvalue weighted by Gasteiger charge is -2.20. The van der Waals surface area contributed by atoms with E-state index in [1.807, 2.05) is 0 Å². The molecule has 1 amide bonds. The molecular formula is C18H18F2N2O7S. The molecule has 2 aromatic rings. The highest BCUT2D eigenvalue weighted by Gasteiger charge is 2.30. The number of hydrogen-bond donors (Lipinski definition) is 4. The molecule has 0 aliphatic rings. The lowest BCUT2D eigenvalue weighted by atomic mass is 9.98. The number of anilines is 1. The average Bonchev–Trinajstić information content (AvgIpc) is 2.70. The first-order valence-electron chi connectivity index (χ1n) is 8.28. The van der Waals surface area contributed by atoms with E-state index in [1.165, 1.54) is 14.1 Å². The third kappa shape index (κ3) is 4.25. The smallest absolute Gasteiger partial charge is 0.335 e. The van der Waals surface area contributed by atoms with Crippen LogP contribution in [0.4, 0.5) is 14.5 Å². The molecule has 0 spiro atoms. The Kier molecular flexibility index (Phi) is 6.75. The topological polar surface area (TPSA) is 144 Å². The first kappa shape index (κ1) is 23.2. The average molecular weight is 444 g/mol. The van der Waals surface area contributed by atoms with Crippen molar-refractivity contribution in [1.29, 1.82) is 0 Å². The molecule has 0 saturated carbocycles. The summed E-state index contributed by atoms with van der Waals surface area (Å²) in [5, 5.41) is 28.0. The Bertz CT molecular complexity index is 1090. The van der Waals surface area contributed by atoms with Crippen molar-refractivity contribution in [2.75, 3.05) is 18.8 Å². The molecule has 2 rings (SSSR count). The normalized spacial score (nSPS) is 11.3. The Morgan fingerprint density at radius 2 is 1.60 bits per heavy atom. The van der Waals surface area contributed by atoms with Crippen LogP contribution < -0.4 is 4.72 Å². The van der Waals surface area contributed by atoms with Crippen molar-refractivity contribution in [3.05, 3.63) is 58.2 Å². The maximum absolute atomic E-state index is 14.9. The highest BCUT2D eigenvalue weighted by Crippen LogP contribution is 2.32. The quantitative estimate of drug-likeness (QED) is 0.501. The van der Waals surface area contributed by atoms with Gasteiger partial charge in [0.05, 0.1) is 29.2 Å². The Morgan fingerprint density at radius 1 is 1.07 bits per heavy atom. The number of aliphatic hydroxyl groups excluding tert-OH is 2. The molecule has 0 unspecified atom stereocenters. The Morgan fingerprint density at radius 3 is 2.03 bits per heavy atom. The van der Waals surface area contributed by atoms with Crippen LogP contribution in [0.15, 0.2) is 29.2 Å². The number of rotatable bonds is 7. The number of aromatic carboxylic acids is 1. The van der Waals surface area contributed by atoms with Crippen molar-refractivity contribution in [3.8, 4) is 0 Å². The molecule has 0 heterocycles. The maximum atomic E-state index is 14.9. The zero-order chi connectivity index (χ0) is 22.8. The fraction of sp³-hybridized carbons (Fsp3) is 0.222. The number of amides is 1. The monoisotopic (exact) mass is 444 g/mol. The second-order valence-electron chi connectivity index (χ2n) is 6.29. The van der Waals surface area contributed by atoms with Crippen LogP contribution in [0.3, 0.4) is 0 Å². The lowest BCUT2D eigenvalue weighted by Crippen LogP contribution is -2.27. The second-order valence-corrected chi connectivity index (χ2v) is 7.97. The summed E-state index contributed by atoms with van der Waals surface area (Å²) in [6.07, 6.45) is 0. The highest BCUT2D eigenvalue weighted by atomic mass is 32.2. The molecular weight excluding hydrogens is 426 g/mol. The number of carbonyl (C=O) groups excluding carboxylic acids is 1. The Labute approximate surface area is 170 Å². The van der Waals surface area contributed by atoms with Gasteiger partial charge in [0.1, 0.15) is 5.69 Å². The van der Waals surface area contributed by atoms with E-state index in [2.05, 4.69) is 0 Å². The van der Waals surface area contributed by atoms with Crippen LogP contribution in [-0.4, -0.2) is 54.6 Å². The lowest BCUT2D eigenvalue weighted by molar-refractivity contribution is 0.0696. The zero-order valence-corrected chi connectivity index (χ0v) is 16.6. The van der Waals surface area contributed by atoms with Crippen LogP contribution in [0.5, 0.6) is 0 Å². The van der Waals surface area contributed by atoms with Crippen molar-refractivity contribution in [1.82, 2.24) is 4.90 Å². The molecule has 30 heavy (non-hydrogen) atoms. The molecule has 9 nitrogen and oxygen atoms in total. The summed E-state index contributed by atoms with van der Waals surface area (Å²) in [6, 6.07) is 4.04. The molecule has 0 fully saturated rings. The highest BCUT2D eigenvalue weighted by molar-refractivity contribution is 7.92. The second kappa shape index (κ2) is 8.73. The van der Waals surface area contributed by atoms with Gasteiger partial charge in [0.25, 0.3) is 15.9 Å². The SMILES string of the molecule is CN(C)C(=O)c1c(CO)c(F)c(NS(=O)(=O)c2cccc(C(=O)O)c2)c(F)c1CO. The molecule has 4 N–H and O–H groups in total. The van der Waals surface area contributed by atoms with Crippen molar-refractivity contribution in [3.63, 3.8) is 0 Å². The predicted octanol–water partition coefficient (Wildman–Crippen LogP) is 1.15. The largest absolute Gasteiger partial charge is 0.478 e. The first-order chi connectivity index (χ1) is 14.0. The summed E-state index contributed by atoms with van der Waals surface area (Å²) >= 11 is 0. The van der Waals surface area contributed by atoms with Crippen LogP contribution in [-0.2, 0) is 23.2 Å². The molecule has 0 radical (unpaired) electrons. The van der Waals surface area contributed by atoms with E-state index in [9.17, 15) is 37.0 Å². The zero-order valence-electron chi connectivity index (χ0n) is 15.8. The van der Waals surface area contributed by atoms with Gasteiger partial charge in [-0.1, -0.05) is 6.07 Å². The van der Waals surface area contributed by atoms with Gasteiger partial charge in [-0.25, -0.2) is 22.0 Å². The van der Waals surface area contributed by atoms with Gasteiger partial charge in [-0.15, -0.1) is 0 Å². The maximum Gasteiger partial charge on any atom is 0.335 e. The van der Waals surface area contributed by atoms with Gasteiger partial charge < -0.3 is 20.2 Å². The van der Waals surface area contributed by atoms with E-state index in [0.29, 0.717) is 0 Å².